The molecule has 2 aromatic rings. The number of benzene rings is 1. The van der Waals surface area contributed by atoms with Gasteiger partial charge in [0.05, 0.1) is 17.9 Å². The second-order valence-electron chi connectivity index (χ2n) is 6.13. The van der Waals surface area contributed by atoms with Crippen LogP contribution in [0.2, 0.25) is 0 Å². The Morgan fingerprint density at radius 3 is 2.83 bits per heavy atom. The van der Waals surface area contributed by atoms with Crippen LogP contribution in [0.1, 0.15) is 50.7 Å². The molecule has 1 aromatic carbocycles. The standard InChI is InChI=1S/C18H26N4O/c1-2-3-11-17-20-18(23-21-17)14-19-15-9-5-6-10-16(15)22-12-7-4-8-13-22/h5-6,9-10,19H,2-4,7-8,11-14H2,1H3. The maximum absolute atomic E-state index is 5.33. The molecule has 3 rings (SSSR count). The number of hydrogen-bond acceptors (Lipinski definition) is 5. The largest absolute Gasteiger partial charge is 0.374 e. The molecule has 1 saturated heterocycles. The molecule has 1 aliphatic rings. The SMILES string of the molecule is CCCCc1noc(CNc2ccccc2N2CCCCC2)n1. The highest BCUT2D eigenvalue weighted by Gasteiger charge is 2.14. The van der Waals surface area contributed by atoms with E-state index in [0.717, 1.165) is 43.9 Å². The van der Waals surface area contributed by atoms with Gasteiger partial charge in [-0.1, -0.05) is 30.6 Å². The highest BCUT2D eigenvalue weighted by Crippen LogP contribution is 2.28. The van der Waals surface area contributed by atoms with Gasteiger partial charge in [0.1, 0.15) is 0 Å². The number of nitrogens with one attached hydrogen (secondary N) is 1. The lowest BCUT2D eigenvalue weighted by Gasteiger charge is -2.30. The van der Waals surface area contributed by atoms with E-state index in [1.807, 2.05) is 0 Å². The van der Waals surface area contributed by atoms with E-state index >= 15 is 0 Å². The van der Waals surface area contributed by atoms with Crippen LogP contribution in [0.4, 0.5) is 11.4 Å². The molecule has 2 heterocycles. The van der Waals surface area contributed by atoms with Crippen molar-refractivity contribution in [2.75, 3.05) is 23.3 Å². The topological polar surface area (TPSA) is 54.2 Å². The third-order valence-corrected chi connectivity index (χ3v) is 4.29. The van der Waals surface area contributed by atoms with E-state index in [4.69, 9.17) is 4.52 Å². The number of piperidine rings is 1. The van der Waals surface area contributed by atoms with Crippen molar-refractivity contribution in [3.05, 3.63) is 36.0 Å². The fourth-order valence-corrected chi connectivity index (χ4v) is 3.00. The van der Waals surface area contributed by atoms with Crippen molar-refractivity contribution in [1.82, 2.24) is 10.1 Å². The predicted molar refractivity (Wildman–Crippen MR) is 92.7 cm³/mol. The van der Waals surface area contributed by atoms with E-state index in [-0.39, 0.29) is 0 Å². The molecular formula is C18H26N4O. The van der Waals surface area contributed by atoms with Crippen molar-refractivity contribution in [3.63, 3.8) is 0 Å². The van der Waals surface area contributed by atoms with Crippen LogP contribution in [-0.4, -0.2) is 23.2 Å². The highest BCUT2D eigenvalue weighted by atomic mass is 16.5. The zero-order valence-electron chi connectivity index (χ0n) is 13.9. The summed E-state index contributed by atoms with van der Waals surface area (Å²) in [5, 5.41) is 7.50. The lowest BCUT2D eigenvalue weighted by Crippen LogP contribution is -2.30. The highest BCUT2D eigenvalue weighted by molar-refractivity contribution is 5.70. The quantitative estimate of drug-likeness (QED) is 0.836. The summed E-state index contributed by atoms with van der Waals surface area (Å²) < 4.78 is 5.33. The van der Waals surface area contributed by atoms with Gasteiger partial charge in [-0.05, 0) is 37.8 Å². The Kier molecular flexibility index (Phi) is 5.51. The Bertz CT molecular complexity index is 605. The van der Waals surface area contributed by atoms with Crippen LogP contribution in [0, 0.1) is 0 Å². The van der Waals surface area contributed by atoms with Gasteiger partial charge in [0.25, 0.3) is 0 Å². The molecule has 23 heavy (non-hydrogen) atoms. The Labute approximate surface area is 138 Å². The van der Waals surface area contributed by atoms with Crippen LogP contribution in [0.15, 0.2) is 28.8 Å². The van der Waals surface area contributed by atoms with Gasteiger partial charge in [-0.3, -0.25) is 0 Å². The van der Waals surface area contributed by atoms with Crippen molar-refractivity contribution in [3.8, 4) is 0 Å². The number of para-hydroxylation sites is 2. The summed E-state index contributed by atoms with van der Waals surface area (Å²) in [7, 11) is 0. The molecule has 1 N–H and O–H groups in total. The van der Waals surface area contributed by atoms with Gasteiger partial charge < -0.3 is 14.7 Å². The average molecular weight is 314 g/mol. The Morgan fingerprint density at radius 2 is 2.00 bits per heavy atom. The number of hydrogen-bond donors (Lipinski definition) is 1. The Morgan fingerprint density at radius 1 is 1.17 bits per heavy atom. The van der Waals surface area contributed by atoms with E-state index in [1.54, 1.807) is 0 Å². The first-order valence-corrected chi connectivity index (χ1v) is 8.76. The maximum atomic E-state index is 5.33. The van der Waals surface area contributed by atoms with Crippen LogP contribution in [0.3, 0.4) is 0 Å². The second-order valence-corrected chi connectivity index (χ2v) is 6.13. The number of nitrogens with zero attached hydrogens (tertiary/aromatic N) is 3. The smallest absolute Gasteiger partial charge is 0.245 e. The zero-order valence-corrected chi connectivity index (χ0v) is 13.9. The van der Waals surface area contributed by atoms with Gasteiger partial charge in [-0.15, -0.1) is 0 Å². The molecule has 0 amide bonds. The summed E-state index contributed by atoms with van der Waals surface area (Å²) in [6.07, 6.45) is 7.03. The molecule has 0 aliphatic carbocycles. The lowest BCUT2D eigenvalue weighted by molar-refractivity contribution is 0.377. The van der Waals surface area contributed by atoms with Crippen molar-refractivity contribution in [2.24, 2.45) is 0 Å². The molecule has 1 fully saturated rings. The molecule has 1 aliphatic heterocycles. The summed E-state index contributed by atoms with van der Waals surface area (Å²) in [6, 6.07) is 8.48. The second kappa shape index (κ2) is 7.99. The van der Waals surface area contributed by atoms with Crippen LogP contribution in [-0.2, 0) is 13.0 Å². The summed E-state index contributed by atoms with van der Waals surface area (Å²) in [5.41, 5.74) is 2.42. The van der Waals surface area contributed by atoms with Crippen molar-refractivity contribution >= 4 is 11.4 Å². The summed E-state index contributed by atoms with van der Waals surface area (Å²) in [4.78, 5) is 6.92. The number of aromatic nitrogens is 2. The monoisotopic (exact) mass is 314 g/mol. The fraction of sp³-hybridized carbons (Fsp3) is 0.556. The van der Waals surface area contributed by atoms with E-state index in [0.29, 0.717) is 12.4 Å². The van der Waals surface area contributed by atoms with E-state index < -0.39 is 0 Å². The summed E-state index contributed by atoms with van der Waals surface area (Å²) in [6.45, 7) is 5.02. The first-order chi connectivity index (χ1) is 11.4. The van der Waals surface area contributed by atoms with Crippen molar-refractivity contribution in [1.29, 1.82) is 0 Å². The number of unbranched alkanes of at least 4 members (excludes halogenated alkanes) is 1. The number of rotatable bonds is 7. The molecule has 5 heteroatoms. The lowest BCUT2D eigenvalue weighted by atomic mass is 10.1. The van der Waals surface area contributed by atoms with Gasteiger partial charge in [0.2, 0.25) is 5.89 Å². The number of aryl methyl sites for hydroxylation is 1. The fourth-order valence-electron chi connectivity index (χ4n) is 3.00. The third-order valence-electron chi connectivity index (χ3n) is 4.29. The van der Waals surface area contributed by atoms with Crippen LogP contribution >= 0.6 is 0 Å². The third kappa shape index (κ3) is 4.24. The molecule has 1 aromatic heterocycles. The Hall–Kier alpha value is -2.04. The average Bonchev–Trinajstić information content (AvgIpc) is 3.07. The van der Waals surface area contributed by atoms with E-state index in [9.17, 15) is 0 Å². The molecule has 5 nitrogen and oxygen atoms in total. The van der Waals surface area contributed by atoms with Gasteiger partial charge in [-0.2, -0.15) is 4.98 Å². The minimum absolute atomic E-state index is 0.573. The summed E-state index contributed by atoms with van der Waals surface area (Å²) in [5.74, 6) is 1.47. The summed E-state index contributed by atoms with van der Waals surface area (Å²) >= 11 is 0. The van der Waals surface area contributed by atoms with E-state index in [2.05, 4.69) is 51.5 Å². The molecule has 0 bridgehead atoms. The van der Waals surface area contributed by atoms with Gasteiger partial charge >= 0.3 is 0 Å². The minimum Gasteiger partial charge on any atom is -0.374 e. The normalized spacial score (nSPS) is 14.9. The number of anilines is 2. The maximum Gasteiger partial charge on any atom is 0.245 e. The van der Waals surface area contributed by atoms with Crippen LogP contribution < -0.4 is 10.2 Å². The van der Waals surface area contributed by atoms with Crippen LogP contribution in [0.25, 0.3) is 0 Å². The first-order valence-electron chi connectivity index (χ1n) is 8.76. The molecule has 0 radical (unpaired) electrons. The molecule has 0 spiro atoms. The molecular weight excluding hydrogens is 288 g/mol. The Balaban J connectivity index is 1.62. The van der Waals surface area contributed by atoms with Gasteiger partial charge in [0, 0.05) is 19.5 Å². The van der Waals surface area contributed by atoms with Gasteiger partial charge in [-0.25, -0.2) is 0 Å². The molecule has 0 atom stereocenters. The van der Waals surface area contributed by atoms with E-state index in [1.165, 1.54) is 24.9 Å². The van der Waals surface area contributed by atoms with Crippen molar-refractivity contribution < 1.29 is 4.52 Å². The first kappa shape index (κ1) is 15.8. The van der Waals surface area contributed by atoms with Gasteiger partial charge in [0.15, 0.2) is 5.82 Å². The van der Waals surface area contributed by atoms with Crippen LogP contribution in [0.5, 0.6) is 0 Å². The molecule has 124 valence electrons. The predicted octanol–water partition coefficient (Wildman–Crippen LogP) is 4.01. The zero-order chi connectivity index (χ0) is 15.9. The van der Waals surface area contributed by atoms with Crippen molar-refractivity contribution in [2.45, 2.75) is 52.0 Å². The molecule has 0 saturated carbocycles. The minimum atomic E-state index is 0.573. The molecule has 0 unspecified atom stereocenters.